The van der Waals surface area contributed by atoms with Crippen molar-refractivity contribution >= 4 is 51.2 Å². The maximum Gasteiger partial charge on any atom is 0.269 e. The van der Waals surface area contributed by atoms with Gasteiger partial charge in [-0.2, -0.15) is 0 Å². The first-order chi connectivity index (χ1) is 13.4. The molecule has 0 bridgehead atoms. The van der Waals surface area contributed by atoms with Gasteiger partial charge in [0.1, 0.15) is 0 Å². The Labute approximate surface area is 164 Å². The Hall–Kier alpha value is -3.39. The van der Waals surface area contributed by atoms with Crippen LogP contribution in [-0.4, -0.2) is 20.6 Å². The fourth-order valence-electron chi connectivity index (χ4n) is 3.11. The molecule has 2 heterocycles. The number of rotatable bonds is 3. The molecule has 0 radical (unpaired) electrons. The third-order valence-electron chi connectivity index (χ3n) is 4.67. The van der Waals surface area contributed by atoms with Crippen LogP contribution in [0.5, 0.6) is 0 Å². The van der Waals surface area contributed by atoms with Crippen LogP contribution in [0.2, 0.25) is 0 Å². The fraction of sp³-hybridized carbons (Fsp3) is 0.100. The maximum atomic E-state index is 12.4. The summed E-state index contributed by atoms with van der Waals surface area (Å²) in [6.07, 6.45) is 1.88. The first kappa shape index (κ1) is 18.0. The topological polar surface area (TPSA) is 89.5 Å². The van der Waals surface area contributed by atoms with Gasteiger partial charge < -0.3 is 9.88 Å². The molecule has 0 spiro atoms. The lowest BCUT2D eigenvalue weighted by atomic mass is 10.1. The molecular formula is C20H16N4O3S. The SMILES string of the molecule is Cc1c(/C=C2\SC(=Nc3ccc([N+](=O)[O-])cc3)NC2=O)c2ccccc2n1C. The van der Waals surface area contributed by atoms with E-state index in [0.29, 0.717) is 15.8 Å². The molecule has 1 N–H and O–H groups in total. The molecule has 1 aliphatic heterocycles. The number of fused-ring (bicyclic) bond motifs is 1. The van der Waals surface area contributed by atoms with E-state index in [1.54, 1.807) is 12.1 Å². The van der Waals surface area contributed by atoms with Crippen LogP contribution in [0.15, 0.2) is 58.4 Å². The van der Waals surface area contributed by atoms with Gasteiger partial charge >= 0.3 is 0 Å². The standard InChI is InChI=1S/C20H16N4O3S/c1-12-16(15-5-3-4-6-17(15)23(12)2)11-18-19(25)22-20(28-18)21-13-7-9-14(10-8-13)24(26)27/h3-11H,1-2H3,(H,21,22,25)/b18-11-. The quantitative estimate of drug-likeness (QED) is 0.409. The first-order valence-corrected chi connectivity index (χ1v) is 9.34. The third-order valence-corrected chi connectivity index (χ3v) is 5.58. The molecule has 0 saturated carbocycles. The minimum Gasteiger partial charge on any atom is -0.347 e. The predicted octanol–water partition coefficient (Wildman–Crippen LogP) is 4.29. The van der Waals surface area contributed by atoms with Crippen molar-refractivity contribution in [3.63, 3.8) is 0 Å². The van der Waals surface area contributed by atoms with Crippen molar-refractivity contribution in [2.24, 2.45) is 12.0 Å². The number of hydrogen-bond acceptors (Lipinski definition) is 5. The average Bonchev–Trinajstić information content (AvgIpc) is 3.15. The lowest BCUT2D eigenvalue weighted by Gasteiger charge is -1.98. The summed E-state index contributed by atoms with van der Waals surface area (Å²) >= 11 is 1.25. The Bertz CT molecular complexity index is 1180. The summed E-state index contributed by atoms with van der Waals surface area (Å²) in [5.74, 6) is -0.210. The van der Waals surface area contributed by atoms with Crippen LogP contribution < -0.4 is 5.32 Å². The molecule has 2 aromatic carbocycles. The minimum absolute atomic E-state index is 0.000855. The van der Waals surface area contributed by atoms with Crippen molar-refractivity contribution in [1.82, 2.24) is 9.88 Å². The summed E-state index contributed by atoms with van der Waals surface area (Å²) in [4.78, 5) is 27.6. The predicted molar refractivity (Wildman–Crippen MR) is 112 cm³/mol. The number of nitro groups is 1. The number of carbonyl (C=O) groups is 1. The number of nitrogens with zero attached hydrogens (tertiary/aromatic N) is 3. The van der Waals surface area contributed by atoms with Crippen LogP contribution in [0.4, 0.5) is 11.4 Å². The molecule has 28 heavy (non-hydrogen) atoms. The zero-order valence-corrected chi connectivity index (χ0v) is 16.0. The van der Waals surface area contributed by atoms with E-state index in [1.807, 2.05) is 44.3 Å². The second kappa shape index (κ2) is 6.97. The lowest BCUT2D eigenvalue weighted by molar-refractivity contribution is -0.384. The van der Waals surface area contributed by atoms with E-state index in [9.17, 15) is 14.9 Å². The van der Waals surface area contributed by atoms with Crippen LogP contribution in [-0.2, 0) is 11.8 Å². The fourth-order valence-corrected chi connectivity index (χ4v) is 3.93. The second-order valence-electron chi connectivity index (χ2n) is 6.33. The van der Waals surface area contributed by atoms with Crippen LogP contribution in [0.1, 0.15) is 11.3 Å². The lowest BCUT2D eigenvalue weighted by Crippen LogP contribution is -2.19. The molecule has 0 aliphatic carbocycles. The van der Waals surface area contributed by atoms with E-state index in [0.717, 1.165) is 22.2 Å². The van der Waals surface area contributed by atoms with E-state index >= 15 is 0 Å². The van der Waals surface area contributed by atoms with Gasteiger partial charge in [-0.3, -0.25) is 14.9 Å². The number of nitrogens with one attached hydrogen (secondary N) is 1. The van der Waals surface area contributed by atoms with Gasteiger partial charge in [-0.05, 0) is 43.0 Å². The summed E-state index contributed by atoms with van der Waals surface area (Å²) in [5.41, 5.74) is 3.72. The molecule has 1 aliphatic rings. The highest BCUT2D eigenvalue weighted by Gasteiger charge is 2.25. The number of carbonyl (C=O) groups excluding carboxylic acids is 1. The number of para-hydroxylation sites is 1. The monoisotopic (exact) mass is 392 g/mol. The van der Waals surface area contributed by atoms with E-state index in [-0.39, 0.29) is 11.6 Å². The molecule has 1 saturated heterocycles. The molecule has 8 heteroatoms. The molecule has 1 fully saturated rings. The van der Waals surface area contributed by atoms with Crippen molar-refractivity contribution in [3.8, 4) is 0 Å². The normalized spacial score (nSPS) is 16.9. The minimum atomic E-state index is -0.462. The number of amidine groups is 1. The summed E-state index contributed by atoms with van der Waals surface area (Å²) < 4.78 is 2.10. The number of amides is 1. The van der Waals surface area contributed by atoms with Gasteiger partial charge in [0.2, 0.25) is 0 Å². The molecule has 3 aromatic rings. The largest absolute Gasteiger partial charge is 0.347 e. The van der Waals surface area contributed by atoms with Gasteiger partial charge in [0.15, 0.2) is 5.17 Å². The van der Waals surface area contributed by atoms with Crippen LogP contribution in [0.25, 0.3) is 17.0 Å². The summed E-state index contributed by atoms with van der Waals surface area (Å²) in [5, 5.41) is 15.0. The number of aromatic nitrogens is 1. The zero-order chi connectivity index (χ0) is 19.8. The Morgan fingerprint density at radius 1 is 1.18 bits per heavy atom. The van der Waals surface area contributed by atoms with E-state index < -0.39 is 4.92 Å². The van der Waals surface area contributed by atoms with Crippen LogP contribution in [0.3, 0.4) is 0 Å². The van der Waals surface area contributed by atoms with Crippen molar-refractivity contribution in [3.05, 3.63) is 74.8 Å². The molecule has 0 unspecified atom stereocenters. The highest BCUT2D eigenvalue weighted by Crippen LogP contribution is 2.32. The Kier molecular flexibility index (Phi) is 4.48. The number of benzene rings is 2. The molecule has 1 amide bonds. The molecule has 140 valence electrons. The molecular weight excluding hydrogens is 376 g/mol. The number of thioether (sulfide) groups is 1. The molecule has 4 rings (SSSR count). The van der Waals surface area contributed by atoms with Gasteiger partial charge in [-0.25, -0.2) is 4.99 Å². The van der Waals surface area contributed by atoms with Crippen molar-refractivity contribution in [2.45, 2.75) is 6.92 Å². The van der Waals surface area contributed by atoms with Gasteiger partial charge in [0, 0.05) is 41.3 Å². The number of aryl methyl sites for hydroxylation is 1. The highest BCUT2D eigenvalue weighted by molar-refractivity contribution is 8.18. The number of non-ortho nitro benzene ring substituents is 1. The van der Waals surface area contributed by atoms with E-state index in [2.05, 4.69) is 14.9 Å². The number of hydrogen-bond donors (Lipinski definition) is 1. The first-order valence-electron chi connectivity index (χ1n) is 8.52. The van der Waals surface area contributed by atoms with Gasteiger partial charge in [-0.15, -0.1) is 0 Å². The average molecular weight is 392 g/mol. The van der Waals surface area contributed by atoms with Gasteiger partial charge in [0.05, 0.1) is 15.5 Å². The van der Waals surface area contributed by atoms with E-state index in [1.165, 1.54) is 23.9 Å². The molecule has 7 nitrogen and oxygen atoms in total. The van der Waals surface area contributed by atoms with E-state index in [4.69, 9.17) is 0 Å². The van der Waals surface area contributed by atoms with Crippen molar-refractivity contribution in [1.29, 1.82) is 0 Å². The van der Waals surface area contributed by atoms with Gasteiger partial charge in [0.25, 0.3) is 11.6 Å². The smallest absolute Gasteiger partial charge is 0.269 e. The van der Waals surface area contributed by atoms with Gasteiger partial charge in [-0.1, -0.05) is 18.2 Å². The van der Waals surface area contributed by atoms with Crippen molar-refractivity contribution < 1.29 is 9.72 Å². The number of aliphatic imine (C=N–C) groups is 1. The highest BCUT2D eigenvalue weighted by atomic mass is 32.2. The third kappa shape index (κ3) is 3.18. The van der Waals surface area contributed by atoms with Crippen LogP contribution >= 0.6 is 11.8 Å². The Balaban J connectivity index is 1.65. The molecule has 0 atom stereocenters. The summed E-state index contributed by atoms with van der Waals surface area (Å²) in [7, 11) is 2.00. The maximum absolute atomic E-state index is 12.4. The van der Waals surface area contributed by atoms with Crippen molar-refractivity contribution in [2.75, 3.05) is 0 Å². The zero-order valence-electron chi connectivity index (χ0n) is 15.2. The molecule has 1 aromatic heterocycles. The Morgan fingerprint density at radius 3 is 2.61 bits per heavy atom. The Morgan fingerprint density at radius 2 is 1.89 bits per heavy atom. The van der Waals surface area contributed by atoms with Crippen LogP contribution in [0, 0.1) is 17.0 Å². The number of nitro benzene ring substituents is 1. The summed E-state index contributed by atoms with van der Waals surface area (Å²) in [6.45, 7) is 2.02. The summed E-state index contributed by atoms with van der Waals surface area (Å²) in [6, 6.07) is 13.9. The second-order valence-corrected chi connectivity index (χ2v) is 7.36.